The van der Waals surface area contributed by atoms with Crippen LogP contribution in [0.3, 0.4) is 0 Å². The highest BCUT2D eigenvalue weighted by Gasteiger charge is 2.17. The van der Waals surface area contributed by atoms with Crippen LogP contribution >= 0.6 is 0 Å². The molecule has 0 bridgehead atoms. The van der Waals surface area contributed by atoms with Crippen molar-refractivity contribution in [1.82, 2.24) is 5.32 Å². The Kier molecular flexibility index (Phi) is 5.48. The topological polar surface area (TPSA) is 12.0 Å². The highest BCUT2D eigenvalue weighted by molar-refractivity contribution is 5.19. The average molecular weight is 269 g/mol. The molecule has 1 nitrogen and oxygen atoms in total. The van der Waals surface area contributed by atoms with Crippen molar-refractivity contribution in [3.05, 3.63) is 35.4 Å². The van der Waals surface area contributed by atoms with Gasteiger partial charge in [-0.2, -0.15) is 0 Å². The van der Waals surface area contributed by atoms with E-state index in [-0.39, 0.29) is 17.2 Å². The Morgan fingerprint density at radius 2 is 1.74 bits per heavy atom. The van der Waals surface area contributed by atoms with Gasteiger partial charge in [0.05, 0.1) is 0 Å². The summed E-state index contributed by atoms with van der Waals surface area (Å²) in [5, 5.41) is 3.45. The third-order valence-corrected chi connectivity index (χ3v) is 3.48. The van der Waals surface area contributed by atoms with Crippen molar-refractivity contribution < 1.29 is 8.78 Å². The van der Waals surface area contributed by atoms with Gasteiger partial charge in [0.25, 0.3) is 0 Å². The first kappa shape index (κ1) is 16.1. The van der Waals surface area contributed by atoms with Gasteiger partial charge in [-0.3, -0.25) is 0 Å². The summed E-state index contributed by atoms with van der Waals surface area (Å²) in [5.41, 5.74) is 0.549. The molecule has 0 saturated heterocycles. The van der Waals surface area contributed by atoms with E-state index in [1.807, 2.05) is 0 Å². The number of nitrogens with one attached hydrogen (secondary N) is 1. The van der Waals surface area contributed by atoms with E-state index in [1.54, 1.807) is 0 Å². The second-order valence-corrected chi connectivity index (χ2v) is 6.53. The minimum atomic E-state index is -0.371. The lowest BCUT2D eigenvalue weighted by Gasteiger charge is -2.26. The Morgan fingerprint density at radius 3 is 2.32 bits per heavy atom. The predicted octanol–water partition coefficient (Wildman–Crippen LogP) is 4.17. The molecule has 2 atom stereocenters. The van der Waals surface area contributed by atoms with Crippen LogP contribution in [0, 0.1) is 23.5 Å². The average Bonchev–Trinajstić information content (AvgIpc) is 2.29. The molecule has 0 aliphatic heterocycles. The van der Waals surface area contributed by atoms with E-state index in [1.165, 1.54) is 12.1 Å². The number of benzene rings is 1. The van der Waals surface area contributed by atoms with Crippen LogP contribution in [0.5, 0.6) is 0 Å². The predicted molar refractivity (Wildman–Crippen MR) is 76.1 cm³/mol. The van der Waals surface area contributed by atoms with Gasteiger partial charge in [0.1, 0.15) is 11.6 Å². The van der Waals surface area contributed by atoms with Gasteiger partial charge in [-0.1, -0.05) is 13.8 Å². The Bertz CT molecular complexity index is 410. The van der Waals surface area contributed by atoms with Gasteiger partial charge in [0, 0.05) is 5.54 Å². The summed E-state index contributed by atoms with van der Waals surface area (Å²) in [6.07, 6.45) is 0.566. The first-order chi connectivity index (χ1) is 8.69. The molecule has 0 heterocycles. The Balaban J connectivity index is 2.58. The summed E-state index contributed by atoms with van der Waals surface area (Å²) in [4.78, 5) is 0. The quantitative estimate of drug-likeness (QED) is 0.846. The highest BCUT2D eigenvalue weighted by Crippen LogP contribution is 2.20. The fraction of sp³-hybridized carbons (Fsp3) is 0.625. The minimum Gasteiger partial charge on any atom is -0.312 e. The molecular weight excluding hydrogens is 244 g/mol. The molecular formula is C16H25F2N. The maximum atomic E-state index is 13.6. The lowest BCUT2D eigenvalue weighted by atomic mass is 9.89. The van der Waals surface area contributed by atoms with Crippen molar-refractivity contribution in [3.63, 3.8) is 0 Å². The van der Waals surface area contributed by atoms with Crippen molar-refractivity contribution in [3.8, 4) is 0 Å². The van der Waals surface area contributed by atoms with Crippen LogP contribution in [-0.4, -0.2) is 12.1 Å². The fourth-order valence-electron chi connectivity index (χ4n) is 1.92. The fourth-order valence-corrected chi connectivity index (χ4v) is 1.92. The van der Waals surface area contributed by atoms with E-state index in [2.05, 4.69) is 39.9 Å². The lowest BCUT2D eigenvalue weighted by molar-refractivity contribution is 0.315. The molecule has 2 unspecified atom stereocenters. The smallest absolute Gasteiger partial charge is 0.126 e. The lowest BCUT2D eigenvalue weighted by Crippen LogP contribution is -2.40. The third-order valence-electron chi connectivity index (χ3n) is 3.48. The maximum absolute atomic E-state index is 13.6. The molecule has 0 aliphatic rings. The number of hydrogen-bond acceptors (Lipinski definition) is 1. The molecule has 0 aliphatic carbocycles. The zero-order valence-corrected chi connectivity index (χ0v) is 12.6. The Hall–Kier alpha value is -0.960. The number of hydrogen-bond donors (Lipinski definition) is 1. The van der Waals surface area contributed by atoms with Crippen molar-refractivity contribution in [1.29, 1.82) is 0 Å². The van der Waals surface area contributed by atoms with Crippen LogP contribution in [0.4, 0.5) is 8.78 Å². The van der Waals surface area contributed by atoms with E-state index >= 15 is 0 Å². The maximum Gasteiger partial charge on any atom is 0.126 e. The van der Waals surface area contributed by atoms with E-state index in [0.717, 1.165) is 12.6 Å². The summed E-state index contributed by atoms with van der Waals surface area (Å²) in [7, 11) is 0. The number of halogens is 2. The van der Waals surface area contributed by atoms with Crippen molar-refractivity contribution >= 4 is 0 Å². The largest absolute Gasteiger partial charge is 0.312 e. The van der Waals surface area contributed by atoms with Crippen molar-refractivity contribution in [2.45, 2.75) is 46.6 Å². The van der Waals surface area contributed by atoms with Crippen LogP contribution in [0.15, 0.2) is 18.2 Å². The molecule has 3 heteroatoms. The second kappa shape index (κ2) is 6.47. The Labute approximate surface area is 115 Å². The van der Waals surface area contributed by atoms with Gasteiger partial charge < -0.3 is 5.32 Å². The highest BCUT2D eigenvalue weighted by atomic mass is 19.1. The minimum absolute atomic E-state index is 0.0814. The van der Waals surface area contributed by atoms with E-state index < -0.39 is 0 Å². The summed E-state index contributed by atoms with van der Waals surface area (Å²) in [5.74, 6) is 0.0151. The molecule has 1 aromatic rings. The summed E-state index contributed by atoms with van der Waals surface area (Å²) >= 11 is 0. The van der Waals surface area contributed by atoms with E-state index in [4.69, 9.17) is 0 Å². The number of rotatable bonds is 5. The van der Waals surface area contributed by atoms with Gasteiger partial charge >= 0.3 is 0 Å². The van der Waals surface area contributed by atoms with Crippen LogP contribution in [-0.2, 0) is 6.42 Å². The molecule has 108 valence electrons. The van der Waals surface area contributed by atoms with Crippen LogP contribution in [0.2, 0.25) is 0 Å². The van der Waals surface area contributed by atoms with Gasteiger partial charge in [-0.25, -0.2) is 8.78 Å². The molecule has 0 fully saturated rings. The molecule has 0 amide bonds. The SMILES string of the molecule is CC(CNC(C)(C)C)C(C)Cc1cc(F)ccc1F. The monoisotopic (exact) mass is 269 g/mol. The van der Waals surface area contributed by atoms with E-state index in [9.17, 15) is 8.78 Å². The summed E-state index contributed by atoms with van der Waals surface area (Å²) in [6.45, 7) is 11.5. The van der Waals surface area contributed by atoms with Crippen LogP contribution in [0.1, 0.15) is 40.2 Å². The molecule has 0 spiro atoms. The summed E-state index contributed by atoms with van der Waals surface area (Å²) in [6, 6.07) is 3.67. The molecule has 19 heavy (non-hydrogen) atoms. The van der Waals surface area contributed by atoms with Gasteiger partial charge in [0.2, 0.25) is 0 Å². The molecule has 1 N–H and O–H groups in total. The van der Waals surface area contributed by atoms with Gasteiger partial charge in [-0.15, -0.1) is 0 Å². The van der Waals surface area contributed by atoms with Crippen LogP contribution in [0.25, 0.3) is 0 Å². The Morgan fingerprint density at radius 1 is 1.11 bits per heavy atom. The van der Waals surface area contributed by atoms with Crippen LogP contribution < -0.4 is 5.32 Å². The third kappa shape index (κ3) is 5.68. The second-order valence-electron chi connectivity index (χ2n) is 6.53. The standard InChI is InChI=1S/C16H25F2N/c1-11(12(2)10-19-16(3,4)5)8-13-9-14(17)6-7-15(13)18/h6-7,9,11-12,19H,8,10H2,1-5H3. The normalized spacial score (nSPS) is 15.3. The first-order valence-electron chi connectivity index (χ1n) is 6.88. The molecule has 0 saturated carbocycles. The first-order valence-corrected chi connectivity index (χ1v) is 6.88. The zero-order chi connectivity index (χ0) is 14.6. The van der Waals surface area contributed by atoms with Crippen molar-refractivity contribution in [2.24, 2.45) is 11.8 Å². The van der Waals surface area contributed by atoms with Gasteiger partial charge in [0.15, 0.2) is 0 Å². The van der Waals surface area contributed by atoms with Crippen molar-refractivity contribution in [2.75, 3.05) is 6.54 Å². The van der Waals surface area contributed by atoms with E-state index in [0.29, 0.717) is 23.8 Å². The van der Waals surface area contributed by atoms with Gasteiger partial charge in [-0.05, 0) is 69.3 Å². The molecule has 0 aromatic heterocycles. The zero-order valence-electron chi connectivity index (χ0n) is 12.6. The molecule has 1 aromatic carbocycles. The summed E-state index contributed by atoms with van der Waals surface area (Å²) < 4.78 is 26.7. The molecule has 1 rings (SSSR count). The molecule has 0 radical (unpaired) electrons.